The first kappa shape index (κ1) is 14.5. The van der Waals surface area contributed by atoms with E-state index in [0.717, 1.165) is 5.56 Å². The molecule has 0 bridgehead atoms. The van der Waals surface area contributed by atoms with Crippen molar-refractivity contribution >= 4 is 15.9 Å². The van der Waals surface area contributed by atoms with Gasteiger partial charge in [0.05, 0.1) is 10.6 Å². The van der Waals surface area contributed by atoms with Gasteiger partial charge < -0.3 is 11.1 Å². The normalized spacial score (nSPS) is 11.2. The summed E-state index contributed by atoms with van der Waals surface area (Å²) in [5, 5.41) is 2.42. The number of amides is 2. The fraction of sp³-hybridized carbons (Fsp3) is 0.417. The monoisotopic (exact) mass is 270 g/mol. The Balaban J connectivity index is 2.45. The molecule has 0 unspecified atom stereocenters. The highest BCUT2D eigenvalue weighted by molar-refractivity contribution is 7.91. The van der Waals surface area contributed by atoms with Crippen LogP contribution in [0.1, 0.15) is 18.4 Å². The van der Waals surface area contributed by atoms with E-state index < -0.39 is 15.9 Å². The Kier molecular flexibility index (Phi) is 5.15. The van der Waals surface area contributed by atoms with Crippen LogP contribution in [0.25, 0.3) is 0 Å². The third-order valence-corrected chi connectivity index (χ3v) is 4.34. The van der Waals surface area contributed by atoms with Crippen LogP contribution in [0.15, 0.2) is 29.2 Å². The van der Waals surface area contributed by atoms with E-state index in [0.29, 0.717) is 24.3 Å². The number of urea groups is 1. The topological polar surface area (TPSA) is 89.3 Å². The summed E-state index contributed by atoms with van der Waals surface area (Å²) in [5.74, 6) is 0.0799. The van der Waals surface area contributed by atoms with Crippen molar-refractivity contribution in [1.29, 1.82) is 0 Å². The van der Waals surface area contributed by atoms with Gasteiger partial charge in [-0.3, -0.25) is 0 Å². The van der Waals surface area contributed by atoms with E-state index in [1.165, 1.54) is 0 Å². The van der Waals surface area contributed by atoms with Crippen LogP contribution in [0.5, 0.6) is 0 Å². The van der Waals surface area contributed by atoms with Gasteiger partial charge in [-0.25, -0.2) is 13.2 Å². The van der Waals surface area contributed by atoms with Crippen LogP contribution in [0.4, 0.5) is 4.79 Å². The van der Waals surface area contributed by atoms with Gasteiger partial charge in [-0.15, -0.1) is 0 Å². The van der Waals surface area contributed by atoms with Crippen LogP contribution in [0.3, 0.4) is 0 Å². The molecule has 1 aromatic carbocycles. The third-order valence-electron chi connectivity index (χ3n) is 2.52. The smallest absolute Gasteiger partial charge is 0.312 e. The number of sulfone groups is 1. The Morgan fingerprint density at radius 2 is 1.83 bits per heavy atom. The maximum atomic E-state index is 11.9. The number of hydrogen-bond donors (Lipinski definition) is 2. The Hall–Kier alpha value is -1.56. The Morgan fingerprint density at radius 1 is 1.22 bits per heavy atom. The van der Waals surface area contributed by atoms with Crippen LogP contribution in [-0.4, -0.2) is 26.7 Å². The number of nitrogens with two attached hydrogens (primary N) is 1. The van der Waals surface area contributed by atoms with Gasteiger partial charge in [-0.05, 0) is 31.9 Å². The molecule has 0 aliphatic carbocycles. The number of carbonyl (C=O) groups excluding carboxylic acids is 1. The highest BCUT2D eigenvalue weighted by Crippen LogP contribution is 2.13. The van der Waals surface area contributed by atoms with Gasteiger partial charge in [-0.2, -0.15) is 0 Å². The molecule has 0 saturated heterocycles. The molecular weight excluding hydrogens is 252 g/mol. The predicted molar refractivity (Wildman–Crippen MR) is 70.1 cm³/mol. The van der Waals surface area contributed by atoms with Crippen molar-refractivity contribution in [2.75, 3.05) is 12.3 Å². The van der Waals surface area contributed by atoms with Crippen molar-refractivity contribution in [3.63, 3.8) is 0 Å². The SMILES string of the molecule is Cc1ccc(S(=O)(=O)CCCCNC(N)=O)cc1. The molecule has 1 aromatic rings. The quantitative estimate of drug-likeness (QED) is 0.761. The molecular formula is C12H18N2O3S. The minimum absolute atomic E-state index is 0.0799. The maximum absolute atomic E-state index is 11.9. The summed E-state index contributed by atoms with van der Waals surface area (Å²) < 4.78 is 23.9. The fourth-order valence-electron chi connectivity index (χ4n) is 1.49. The molecule has 5 nitrogen and oxygen atoms in total. The van der Waals surface area contributed by atoms with E-state index in [1.54, 1.807) is 24.3 Å². The lowest BCUT2D eigenvalue weighted by molar-refractivity contribution is 0.249. The number of nitrogens with one attached hydrogen (secondary N) is 1. The summed E-state index contributed by atoms with van der Waals surface area (Å²) in [4.78, 5) is 10.7. The lowest BCUT2D eigenvalue weighted by atomic mass is 10.2. The van der Waals surface area contributed by atoms with Crippen LogP contribution >= 0.6 is 0 Å². The number of rotatable bonds is 6. The van der Waals surface area contributed by atoms with Crippen molar-refractivity contribution in [1.82, 2.24) is 5.32 Å². The van der Waals surface area contributed by atoms with Crippen molar-refractivity contribution in [2.24, 2.45) is 5.73 Å². The van der Waals surface area contributed by atoms with E-state index in [9.17, 15) is 13.2 Å². The van der Waals surface area contributed by atoms with Crippen LogP contribution in [0.2, 0.25) is 0 Å². The van der Waals surface area contributed by atoms with E-state index in [1.807, 2.05) is 6.92 Å². The van der Waals surface area contributed by atoms with Gasteiger partial charge in [-0.1, -0.05) is 17.7 Å². The number of hydrogen-bond acceptors (Lipinski definition) is 3. The largest absolute Gasteiger partial charge is 0.352 e. The first-order valence-electron chi connectivity index (χ1n) is 5.74. The first-order chi connectivity index (χ1) is 8.42. The molecule has 1 rings (SSSR count). The molecule has 3 N–H and O–H groups in total. The second kappa shape index (κ2) is 6.39. The van der Waals surface area contributed by atoms with Crippen LogP contribution in [0, 0.1) is 6.92 Å². The zero-order valence-corrected chi connectivity index (χ0v) is 11.2. The molecule has 6 heteroatoms. The molecule has 100 valence electrons. The Morgan fingerprint density at radius 3 is 2.39 bits per heavy atom. The van der Waals surface area contributed by atoms with Crippen molar-refractivity contribution in [3.8, 4) is 0 Å². The maximum Gasteiger partial charge on any atom is 0.312 e. The lowest BCUT2D eigenvalue weighted by Gasteiger charge is -2.05. The second-order valence-electron chi connectivity index (χ2n) is 4.13. The number of carbonyl (C=O) groups is 1. The Labute approximate surface area is 107 Å². The summed E-state index contributed by atoms with van der Waals surface area (Å²) in [6.45, 7) is 2.31. The lowest BCUT2D eigenvalue weighted by Crippen LogP contribution is -2.30. The third kappa shape index (κ3) is 4.75. The zero-order valence-electron chi connectivity index (χ0n) is 10.3. The standard InChI is InChI=1S/C12H18N2O3S/c1-10-4-6-11(7-5-10)18(16,17)9-3-2-8-14-12(13)15/h4-7H,2-3,8-9H2,1H3,(H3,13,14,15). The van der Waals surface area contributed by atoms with E-state index in [2.05, 4.69) is 5.32 Å². The summed E-state index contributed by atoms with van der Waals surface area (Å²) in [5.41, 5.74) is 5.92. The van der Waals surface area contributed by atoms with E-state index in [4.69, 9.17) is 5.73 Å². The van der Waals surface area contributed by atoms with Gasteiger partial charge in [0.2, 0.25) is 0 Å². The summed E-state index contributed by atoms with van der Waals surface area (Å²) in [6, 6.07) is 6.21. The highest BCUT2D eigenvalue weighted by atomic mass is 32.2. The summed E-state index contributed by atoms with van der Waals surface area (Å²) in [7, 11) is -3.22. The molecule has 0 fully saturated rings. The average molecular weight is 270 g/mol. The van der Waals surface area contributed by atoms with Crippen LogP contribution in [-0.2, 0) is 9.84 Å². The van der Waals surface area contributed by atoms with E-state index in [-0.39, 0.29) is 5.75 Å². The molecule has 2 amide bonds. The molecule has 0 aliphatic rings. The number of aryl methyl sites for hydroxylation is 1. The number of unbranched alkanes of at least 4 members (excludes halogenated alkanes) is 1. The van der Waals surface area contributed by atoms with Gasteiger partial charge in [0, 0.05) is 6.54 Å². The minimum atomic E-state index is -3.22. The van der Waals surface area contributed by atoms with E-state index >= 15 is 0 Å². The van der Waals surface area contributed by atoms with Crippen LogP contribution < -0.4 is 11.1 Å². The molecule has 0 heterocycles. The molecule has 0 atom stereocenters. The van der Waals surface area contributed by atoms with Crippen molar-refractivity contribution in [2.45, 2.75) is 24.7 Å². The molecule has 18 heavy (non-hydrogen) atoms. The second-order valence-corrected chi connectivity index (χ2v) is 6.24. The zero-order chi connectivity index (χ0) is 13.6. The number of primary amides is 1. The molecule has 0 spiro atoms. The summed E-state index contributed by atoms with van der Waals surface area (Å²) in [6.07, 6.45) is 1.09. The fourth-order valence-corrected chi connectivity index (χ4v) is 2.86. The predicted octanol–water partition coefficient (Wildman–Crippen LogP) is 1.22. The first-order valence-corrected chi connectivity index (χ1v) is 7.40. The molecule has 0 aromatic heterocycles. The van der Waals surface area contributed by atoms with Gasteiger partial charge >= 0.3 is 6.03 Å². The Bertz CT molecular complexity index is 495. The minimum Gasteiger partial charge on any atom is -0.352 e. The van der Waals surface area contributed by atoms with Gasteiger partial charge in [0.25, 0.3) is 0 Å². The van der Waals surface area contributed by atoms with Gasteiger partial charge in [0.1, 0.15) is 0 Å². The molecule has 0 saturated carbocycles. The highest BCUT2D eigenvalue weighted by Gasteiger charge is 2.13. The molecule has 0 aliphatic heterocycles. The van der Waals surface area contributed by atoms with Crippen molar-refractivity contribution < 1.29 is 13.2 Å². The van der Waals surface area contributed by atoms with Gasteiger partial charge in [0.15, 0.2) is 9.84 Å². The van der Waals surface area contributed by atoms with Crippen molar-refractivity contribution in [3.05, 3.63) is 29.8 Å². The summed E-state index contributed by atoms with van der Waals surface area (Å²) >= 11 is 0. The number of benzene rings is 1. The average Bonchev–Trinajstić information content (AvgIpc) is 2.28. The molecule has 0 radical (unpaired) electrons.